The second kappa shape index (κ2) is 7.26. The van der Waals surface area contributed by atoms with Gasteiger partial charge in [0.2, 0.25) is 0 Å². The van der Waals surface area contributed by atoms with E-state index >= 15 is 0 Å². The molecule has 3 N–H and O–H groups in total. The predicted molar refractivity (Wildman–Crippen MR) is 60.5 cm³/mol. The molecular weight excluding hydrogens is 224 g/mol. The minimum absolute atomic E-state index is 0.0687. The number of carboxylic acid groups (broad SMARTS) is 1. The first-order valence-corrected chi connectivity index (χ1v) is 5.39. The molecule has 2 amide bonds. The molecule has 0 saturated heterocycles. The number of nitrogens with zero attached hydrogens (tertiary/aromatic N) is 2. The zero-order valence-corrected chi connectivity index (χ0v) is 9.43. The molecule has 0 radical (unpaired) electrons. The third-order valence-electron chi connectivity index (χ3n) is 2.03. The van der Waals surface area contributed by atoms with Gasteiger partial charge in [0.05, 0.1) is 6.42 Å². The van der Waals surface area contributed by atoms with Gasteiger partial charge in [-0.2, -0.15) is 5.10 Å². The number of carbonyl (C=O) groups excluding carboxylic acids is 1. The largest absolute Gasteiger partial charge is 0.481 e. The van der Waals surface area contributed by atoms with Gasteiger partial charge in [0.1, 0.15) is 0 Å². The third kappa shape index (κ3) is 6.18. The SMILES string of the molecule is O=C(O)CCNC(=O)NCCCn1cccn1. The van der Waals surface area contributed by atoms with E-state index in [2.05, 4.69) is 15.7 Å². The first-order chi connectivity index (χ1) is 8.18. The molecule has 0 spiro atoms. The minimum Gasteiger partial charge on any atom is -0.481 e. The van der Waals surface area contributed by atoms with Crippen molar-refractivity contribution in [3.63, 3.8) is 0 Å². The highest BCUT2D eigenvalue weighted by molar-refractivity contribution is 5.74. The Hall–Kier alpha value is -2.05. The number of urea groups is 1. The molecule has 1 aromatic rings. The molecule has 0 atom stereocenters. The summed E-state index contributed by atoms with van der Waals surface area (Å²) in [5, 5.41) is 17.5. The van der Waals surface area contributed by atoms with Crippen molar-refractivity contribution in [1.29, 1.82) is 0 Å². The molecule has 94 valence electrons. The van der Waals surface area contributed by atoms with Crippen LogP contribution in [0.1, 0.15) is 12.8 Å². The van der Waals surface area contributed by atoms with Crippen LogP contribution in [0, 0.1) is 0 Å². The maximum Gasteiger partial charge on any atom is 0.314 e. The molecule has 1 rings (SSSR count). The maximum atomic E-state index is 11.1. The summed E-state index contributed by atoms with van der Waals surface area (Å²) in [6.07, 6.45) is 4.26. The molecule has 0 aliphatic rings. The van der Waals surface area contributed by atoms with Crippen LogP contribution >= 0.6 is 0 Å². The Balaban J connectivity index is 1.98. The smallest absolute Gasteiger partial charge is 0.314 e. The van der Waals surface area contributed by atoms with Crippen LogP contribution in [0.5, 0.6) is 0 Å². The molecule has 0 fully saturated rings. The Bertz CT molecular complexity index is 350. The van der Waals surface area contributed by atoms with E-state index in [1.165, 1.54) is 0 Å². The average Bonchev–Trinajstić information content (AvgIpc) is 2.76. The molecular formula is C10H16N4O3. The van der Waals surface area contributed by atoms with Gasteiger partial charge in [-0.1, -0.05) is 0 Å². The molecule has 0 aliphatic carbocycles. The number of nitrogens with one attached hydrogen (secondary N) is 2. The number of aryl methyl sites for hydroxylation is 1. The second-order valence-electron chi connectivity index (χ2n) is 3.45. The molecule has 0 unspecified atom stereocenters. The minimum atomic E-state index is -0.927. The van der Waals surface area contributed by atoms with Gasteiger partial charge >= 0.3 is 12.0 Å². The van der Waals surface area contributed by atoms with Gasteiger partial charge < -0.3 is 15.7 Å². The highest BCUT2D eigenvalue weighted by Gasteiger charge is 2.01. The average molecular weight is 240 g/mol. The fourth-order valence-corrected chi connectivity index (χ4v) is 1.22. The number of rotatable bonds is 7. The summed E-state index contributed by atoms with van der Waals surface area (Å²) in [6.45, 7) is 1.40. The molecule has 1 aromatic heterocycles. The van der Waals surface area contributed by atoms with Crippen LogP contribution in [-0.2, 0) is 11.3 Å². The monoisotopic (exact) mass is 240 g/mol. The van der Waals surface area contributed by atoms with E-state index in [4.69, 9.17) is 5.11 Å². The molecule has 7 heteroatoms. The number of hydrogen-bond acceptors (Lipinski definition) is 3. The lowest BCUT2D eigenvalue weighted by atomic mass is 10.4. The first kappa shape index (κ1) is 13.0. The maximum absolute atomic E-state index is 11.1. The van der Waals surface area contributed by atoms with E-state index in [0.29, 0.717) is 6.54 Å². The Kier molecular flexibility index (Phi) is 5.56. The Morgan fingerprint density at radius 3 is 2.71 bits per heavy atom. The van der Waals surface area contributed by atoms with Crippen molar-refractivity contribution in [2.24, 2.45) is 0 Å². The number of carboxylic acids is 1. The van der Waals surface area contributed by atoms with Crippen LogP contribution in [0.2, 0.25) is 0 Å². The molecule has 7 nitrogen and oxygen atoms in total. The van der Waals surface area contributed by atoms with E-state index < -0.39 is 5.97 Å². The van der Waals surface area contributed by atoms with Crippen LogP contribution in [0.25, 0.3) is 0 Å². The summed E-state index contributed by atoms with van der Waals surface area (Å²) in [5.41, 5.74) is 0. The highest BCUT2D eigenvalue weighted by atomic mass is 16.4. The van der Waals surface area contributed by atoms with Crippen molar-refractivity contribution in [3.8, 4) is 0 Å². The quantitative estimate of drug-likeness (QED) is 0.586. The summed E-state index contributed by atoms with van der Waals surface area (Å²) in [4.78, 5) is 21.3. The van der Waals surface area contributed by atoms with Crippen LogP contribution in [0.3, 0.4) is 0 Å². The van der Waals surface area contributed by atoms with Crippen LogP contribution in [0.15, 0.2) is 18.5 Å². The fourth-order valence-electron chi connectivity index (χ4n) is 1.22. The number of aliphatic carboxylic acids is 1. The number of aromatic nitrogens is 2. The first-order valence-electron chi connectivity index (χ1n) is 5.39. The van der Waals surface area contributed by atoms with Gasteiger partial charge in [-0.3, -0.25) is 9.48 Å². The van der Waals surface area contributed by atoms with Crippen LogP contribution < -0.4 is 10.6 Å². The molecule has 0 aliphatic heterocycles. The van der Waals surface area contributed by atoms with E-state index in [1.807, 2.05) is 12.3 Å². The van der Waals surface area contributed by atoms with E-state index in [-0.39, 0.29) is 19.0 Å². The van der Waals surface area contributed by atoms with Gasteiger partial charge in [-0.25, -0.2) is 4.79 Å². The van der Waals surface area contributed by atoms with Gasteiger partial charge in [-0.15, -0.1) is 0 Å². The lowest BCUT2D eigenvalue weighted by Crippen LogP contribution is -2.37. The van der Waals surface area contributed by atoms with Crippen LogP contribution in [-0.4, -0.2) is 40.0 Å². The van der Waals surface area contributed by atoms with Crippen molar-refractivity contribution in [2.75, 3.05) is 13.1 Å². The summed E-state index contributed by atoms with van der Waals surface area (Å²) in [5.74, 6) is -0.927. The van der Waals surface area contributed by atoms with E-state index in [1.54, 1.807) is 10.9 Å². The van der Waals surface area contributed by atoms with Gasteiger partial charge in [0, 0.05) is 32.0 Å². The number of hydrogen-bond donors (Lipinski definition) is 3. The molecule has 0 saturated carbocycles. The Morgan fingerprint density at radius 2 is 2.06 bits per heavy atom. The van der Waals surface area contributed by atoms with E-state index in [9.17, 15) is 9.59 Å². The summed E-state index contributed by atoms with van der Waals surface area (Å²) < 4.78 is 1.78. The number of carbonyl (C=O) groups is 2. The van der Waals surface area contributed by atoms with Crippen molar-refractivity contribution < 1.29 is 14.7 Å². The predicted octanol–water partition coefficient (Wildman–Crippen LogP) is 0.0471. The Labute approximate surface area is 98.8 Å². The molecule has 17 heavy (non-hydrogen) atoms. The van der Waals surface area contributed by atoms with Gasteiger partial charge in [-0.05, 0) is 12.5 Å². The molecule has 0 aromatic carbocycles. The summed E-state index contributed by atoms with van der Waals surface area (Å²) in [6, 6.07) is 1.50. The van der Waals surface area contributed by atoms with Crippen molar-refractivity contribution in [1.82, 2.24) is 20.4 Å². The van der Waals surface area contributed by atoms with Gasteiger partial charge in [0.25, 0.3) is 0 Å². The third-order valence-corrected chi connectivity index (χ3v) is 2.03. The highest BCUT2D eigenvalue weighted by Crippen LogP contribution is 1.87. The van der Waals surface area contributed by atoms with Crippen molar-refractivity contribution in [2.45, 2.75) is 19.4 Å². The molecule has 0 bridgehead atoms. The topological polar surface area (TPSA) is 96.3 Å². The summed E-state index contributed by atoms with van der Waals surface area (Å²) in [7, 11) is 0. The fraction of sp³-hybridized carbons (Fsp3) is 0.500. The summed E-state index contributed by atoms with van der Waals surface area (Å²) >= 11 is 0. The van der Waals surface area contributed by atoms with Crippen LogP contribution in [0.4, 0.5) is 4.79 Å². The Morgan fingerprint density at radius 1 is 1.29 bits per heavy atom. The number of amides is 2. The van der Waals surface area contributed by atoms with Crippen molar-refractivity contribution >= 4 is 12.0 Å². The lowest BCUT2D eigenvalue weighted by Gasteiger charge is -2.06. The van der Waals surface area contributed by atoms with Crippen molar-refractivity contribution in [3.05, 3.63) is 18.5 Å². The standard InChI is InChI=1S/C10H16N4O3/c15-9(16)3-6-12-10(17)11-4-1-7-14-8-2-5-13-14/h2,5,8H,1,3-4,6-7H2,(H,15,16)(H2,11,12,17). The second-order valence-corrected chi connectivity index (χ2v) is 3.45. The van der Waals surface area contributed by atoms with E-state index in [0.717, 1.165) is 13.0 Å². The molecule has 1 heterocycles. The zero-order valence-electron chi connectivity index (χ0n) is 9.43. The van der Waals surface area contributed by atoms with Gasteiger partial charge in [0.15, 0.2) is 0 Å². The zero-order chi connectivity index (χ0) is 12.5. The lowest BCUT2D eigenvalue weighted by molar-refractivity contribution is -0.136. The normalized spacial score (nSPS) is 9.88.